The third-order valence-electron chi connectivity index (χ3n) is 4.46. The van der Waals surface area contributed by atoms with Gasteiger partial charge in [0.1, 0.15) is 24.7 Å². The van der Waals surface area contributed by atoms with Crippen LogP contribution in [-0.4, -0.2) is 33.5 Å². The highest BCUT2D eigenvalue weighted by Gasteiger charge is 2.18. The van der Waals surface area contributed by atoms with Crippen LogP contribution in [0.5, 0.6) is 5.75 Å². The van der Waals surface area contributed by atoms with E-state index >= 15 is 0 Å². The molecule has 3 heterocycles. The fourth-order valence-electron chi connectivity index (χ4n) is 3.11. The Morgan fingerprint density at radius 2 is 1.90 bits per heavy atom. The highest BCUT2D eigenvalue weighted by atomic mass is 16.5. The van der Waals surface area contributed by atoms with Gasteiger partial charge in [0.2, 0.25) is 0 Å². The number of fused-ring (bicyclic) bond motifs is 1. The Labute approximate surface area is 174 Å². The topological polar surface area (TPSA) is 77.8 Å². The molecule has 0 fully saturated rings. The third kappa shape index (κ3) is 4.25. The molecule has 0 bridgehead atoms. The van der Waals surface area contributed by atoms with Crippen molar-refractivity contribution in [1.29, 1.82) is 0 Å². The van der Waals surface area contributed by atoms with Gasteiger partial charge in [0.05, 0.1) is 12.3 Å². The minimum atomic E-state index is -0.337. The number of nitrogens with zero attached hydrogens (tertiary/aromatic N) is 3. The lowest BCUT2D eigenvalue weighted by Gasteiger charge is -2.10. The molecule has 1 N–H and O–H groups in total. The second-order valence-corrected chi connectivity index (χ2v) is 6.52. The number of benzene rings is 1. The van der Waals surface area contributed by atoms with Crippen molar-refractivity contribution in [1.82, 2.24) is 14.4 Å². The predicted molar refractivity (Wildman–Crippen MR) is 114 cm³/mol. The van der Waals surface area contributed by atoms with Crippen molar-refractivity contribution in [2.24, 2.45) is 0 Å². The number of anilines is 1. The number of imidazole rings is 1. The van der Waals surface area contributed by atoms with Crippen molar-refractivity contribution in [3.8, 4) is 17.1 Å². The SMILES string of the molecule is CCOC(=O)CNc1c(-c2ccccn2)nc2c(OCc3ccccc3)cccn12. The zero-order valence-corrected chi connectivity index (χ0v) is 16.6. The molecular weight excluding hydrogens is 380 g/mol. The van der Waals surface area contributed by atoms with Crippen LogP contribution in [-0.2, 0) is 16.1 Å². The molecule has 1 aromatic carbocycles. The van der Waals surface area contributed by atoms with Gasteiger partial charge in [-0.25, -0.2) is 4.98 Å². The van der Waals surface area contributed by atoms with E-state index in [1.54, 1.807) is 13.1 Å². The summed E-state index contributed by atoms with van der Waals surface area (Å²) in [6.07, 6.45) is 3.58. The summed E-state index contributed by atoms with van der Waals surface area (Å²) in [6, 6.07) is 19.3. The molecule has 0 unspecified atom stereocenters. The number of carbonyl (C=O) groups excluding carboxylic acids is 1. The summed E-state index contributed by atoms with van der Waals surface area (Å²) in [5.41, 5.74) is 3.04. The summed E-state index contributed by atoms with van der Waals surface area (Å²) in [7, 11) is 0. The Morgan fingerprint density at radius 3 is 2.67 bits per heavy atom. The minimum Gasteiger partial charge on any atom is -0.485 e. The second kappa shape index (κ2) is 9.09. The van der Waals surface area contributed by atoms with Crippen molar-refractivity contribution in [3.05, 3.63) is 78.6 Å². The van der Waals surface area contributed by atoms with Gasteiger partial charge in [-0.05, 0) is 36.8 Å². The maximum absolute atomic E-state index is 11.9. The maximum Gasteiger partial charge on any atom is 0.325 e. The van der Waals surface area contributed by atoms with E-state index in [0.29, 0.717) is 41.8 Å². The van der Waals surface area contributed by atoms with Gasteiger partial charge in [-0.1, -0.05) is 36.4 Å². The van der Waals surface area contributed by atoms with Gasteiger partial charge in [-0.15, -0.1) is 0 Å². The highest BCUT2D eigenvalue weighted by Crippen LogP contribution is 2.31. The molecule has 0 saturated heterocycles. The number of esters is 1. The van der Waals surface area contributed by atoms with Crippen LogP contribution in [0.1, 0.15) is 12.5 Å². The van der Waals surface area contributed by atoms with Crippen molar-refractivity contribution in [2.45, 2.75) is 13.5 Å². The molecule has 0 radical (unpaired) electrons. The van der Waals surface area contributed by atoms with Crippen LogP contribution in [0.15, 0.2) is 73.1 Å². The first-order valence-corrected chi connectivity index (χ1v) is 9.75. The molecule has 0 atom stereocenters. The number of hydrogen-bond acceptors (Lipinski definition) is 6. The van der Waals surface area contributed by atoms with Gasteiger partial charge in [-0.3, -0.25) is 14.2 Å². The lowest BCUT2D eigenvalue weighted by molar-refractivity contribution is -0.140. The van der Waals surface area contributed by atoms with Crippen LogP contribution in [0.3, 0.4) is 0 Å². The van der Waals surface area contributed by atoms with E-state index in [4.69, 9.17) is 14.5 Å². The lowest BCUT2D eigenvalue weighted by Crippen LogP contribution is -2.18. The van der Waals surface area contributed by atoms with E-state index in [1.807, 2.05) is 71.3 Å². The zero-order chi connectivity index (χ0) is 20.8. The molecule has 3 aromatic heterocycles. The molecule has 4 rings (SSSR count). The zero-order valence-electron chi connectivity index (χ0n) is 16.6. The number of ether oxygens (including phenoxy) is 2. The highest BCUT2D eigenvalue weighted by molar-refractivity contribution is 5.80. The van der Waals surface area contributed by atoms with Gasteiger partial charge in [-0.2, -0.15) is 0 Å². The molecule has 7 heteroatoms. The van der Waals surface area contributed by atoms with Crippen LogP contribution in [0.25, 0.3) is 17.0 Å². The molecule has 7 nitrogen and oxygen atoms in total. The van der Waals surface area contributed by atoms with Crippen LogP contribution in [0, 0.1) is 0 Å². The first kappa shape index (κ1) is 19.4. The molecule has 0 aliphatic rings. The molecule has 0 aliphatic heterocycles. The Bertz CT molecular complexity index is 1130. The number of rotatable bonds is 8. The summed E-state index contributed by atoms with van der Waals surface area (Å²) < 4.78 is 13.0. The Morgan fingerprint density at radius 1 is 1.07 bits per heavy atom. The second-order valence-electron chi connectivity index (χ2n) is 6.52. The molecule has 0 spiro atoms. The monoisotopic (exact) mass is 402 g/mol. The van der Waals surface area contributed by atoms with Crippen LogP contribution in [0.2, 0.25) is 0 Å². The number of nitrogens with one attached hydrogen (secondary N) is 1. The van der Waals surface area contributed by atoms with Gasteiger partial charge in [0.15, 0.2) is 11.4 Å². The van der Waals surface area contributed by atoms with Crippen molar-refractivity contribution < 1.29 is 14.3 Å². The number of pyridine rings is 2. The third-order valence-corrected chi connectivity index (χ3v) is 4.46. The molecule has 4 aromatic rings. The van der Waals surface area contributed by atoms with E-state index in [2.05, 4.69) is 10.3 Å². The van der Waals surface area contributed by atoms with Gasteiger partial charge < -0.3 is 14.8 Å². The van der Waals surface area contributed by atoms with Gasteiger partial charge in [0.25, 0.3) is 0 Å². The molecule has 152 valence electrons. The Hall–Kier alpha value is -3.87. The molecule has 0 amide bonds. The number of aromatic nitrogens is 3. The summed E-state index contributed by atoms with van der Waals surface area (Å²) >= 11 is 0. The number of carbonyl (C=O) groups is 1. The molecular formula is C23H22N4O3. The van der Waals surface area contributed by atoms with E-state index in [1.165, 1.54) is 0 Å². The van der Waals surface area contributed by atoms with E-state index in [0.717, 1.165) is 5.56 Å². The van der Waals surface area contributed by atoms with E-state index in [-0.39, 0.29) is 12.5 Å². The lowest BCUT2D eigenvalue weighted by atomic mass is 10.2. The average molecular weight is 402 g/mol. The quantitative estimate of drug-likeness (QED) is 0.450. The fourth-order valence-corrected chi connectivity index (χ4v) is 3.11. The normalized spacial score (nSPS) is 10.7. The predicted octanol–water partition coefficient (Wildman–Crippen LogP) is 3.95. The summed E-state index contributed by atoms with van der Waals surface area (Å²) in [5.74, 6) is 0.959. The smallest absolute Gasteiger partial charge is 0.325 e. The van der Waals surface area contributed by atoms with Gasteiger partial charge in [0, 0.05) is 12.4 Å². The summed E-state index contributed by atoms with van der Waals surface area (Å²) in [6.45, 7) is 2.56. The largest absolute Gasteiger partial charge is 0.485 e. The van der Waals surface area contributed by atoms with Gasteiger partial charge >= 0.3 is 5.97 Å². The van der Waals surface area contributed by atoms with E-state index in [9.17, 15) is 4.79 Å². The van der Waals surface area contributed by atoms with Crippen molar-refractivity contribution >= 4 is 17.4 Å². The van der Waals surface area contributed by atoms with Crippen LogP contribution in [0.4, 0.5) is 5.82 Å². The van der Waals surface area contributed by atoms with Crippen molar-refractivity contribution in [2.75, 3.05) is 18.5 Å². The minimum absolute atomic E-state index is 0.0244. The first-order chi connectivity index (χ1) is 14.8. The summed E-state index contributed by atoms with van der Waals surface area (Å²) in [4.78, 5) is 21.1. The summed E-state index contributed by atoms with van der Waals surface area (Å²) in [5, 5.41) is 3.15. The molecule has 0 aliphatic carbocycles. The average Bonchev–Trinajstić information content (AvgIpc) is 3.17. The van der Waals surface area contributed by atoms with Crippen LogP contribution >= 0.6 is 0 Å². The Balaban J connectivity index is 1.70. The Kier molecular flexibility index (Phi) is 5.89. The van der Waals surface area contributed by atoms with Crippen molar-refractivity contribution in [3.63, 3.8) is 0 Å². The first-order valence-electron chi connectivity index (χ1n) is 9.75. The number of hydrogen-bond donors (Lipinski definition) is 1. The van der Waals surface area contributed by atoms with Crippen LogP contribution < -0.4 is 10.1 Å². The fraction of sp³-hybridized carbons (Fsp3) is 0.174. The standard InChI is InChI=1S/C23H22N4O3/c1-2-29-20(28)15-25-23-21(18-11-6-7-13-24-18)26-22-19(12-8-14-27(22)23)30-16-17-9-4-3-5-10-17/h3-14,25H,2,15-16H2,1H3. The molecule has 30 heavy (non-hydrogen) atoms. The maximum atomic E-state index is 11.9. The molecule has 0 saturated carbocycles. The van der Waals surface area contributed by atoms with E-state index < -0.39 is 0 Å².